The van der Waals surface area contributed by atoms with Gasteiger partial charge in [-0.05, 0) is 45.1 Å². The Bertz CT molecular complexity index is 812. The summed E-state index contributed by atoms with van der Waals surface area (Å²) in [4.78, 5) is 14.0. The zero-order chi connectivity index (χ0) is 22.5. The molecule has 7 atom stereocenters. The smallest absolute Gasteiger partial charge is 0.410 e. The van der Waals surface area contributed by atoms with E-state index in [9.17, 15) is 13.2 Å². The Labute approximate surface area is 190 Å². The lowest BCUT2D eigenvalue weighted by atomic mass is 9.82. The van der Waals surface area contributed by atoms with E-state index in [4.69, 9.17) is 4.74 Å². The predicted molar refractivity (Wildman–Crippen MR) is 119 cm³/mol. The number of carbonyl (C=O) groups excluding carboxylic acids is 1. The molecule has 0 aromatic rings. The maximum Gasteiger partial charge on any atom is 0.410 e. The first-order valence-electron chi connectivity index (χ1n) is 12.0. The summed E-state index contributed by atoms with van der Waals surface area (Å²) >= 11 is 0. The van der Waals surface area contributed by atoms with Gasteiger partial charge < -0.3 is 10.1 Å². The Morgan fingerprint density at radius 1 is 1.16 bits per heavy atom. The number of fused-ring (bicyclic) bond motifs is 1. The van der Waals surface area contributed by atoms with Gasteiger partial charge in [0.1, 0.15) is 11.9 Å². The fourth-order valence-corrected chi connectivity index (χ4v) is 7.82. The highest BCUT2D eigenvalue weighted by Gasteiger charge is 2.45. The van der Waals surface area contributed by atoms with Gasteiger partial charge in [-0.1, -0.05) is 6.42 Å². The lowest BCUT2D eigenvalue weighted by Gasteiger charge is -2.40. The van der Waals surface area contributed by atoms with Crippen molar-refractivity contribution in [3.05, 3.63) is 0 Å². The third kappa shape index (κ3) is 4.26. The quantitative estimate of drug-likeness (QED) is 0.400. The van der Waals surface area contributed by atoms with E-state index < -0.39 is 15.3 Å². The molecule has 0 radical (unpaired) electrons. The molecule has 1 amide bonds. The van der Waals surface area contributed by atoms with E-state index in [2.05, 4.69) is 25.9 Å². The van der Waals surface area contributed by atoms with Gasteiger partial charge in [0.2, 0.25) is 10.0 Å². The molecule has 1 saturated carbocycles. The molecular weight excluding hydrogens is 434 g/mol. The van der Waals surface area contributed by atoms with E-state index in [1.165, 1.54) is 0 Å². The van der Waals surface area contributed by atoms with E-state index in [1.54, 1.807) is 0 Å². The molecule has 4 heterocycles. The number of hydrazine groups is 2. The van der Waals surface area contributed by atoms with Crippen molar-refractivity contribution in [1.82, 2.24) is 35.8 Å². The van der Waals surface area contributed by atoms with Gasteiger partial charge in [0.15, 0.2) is 0 Å². The van der Waals surface area contributed by atoms with E-state index in [0.29, 0.717) is 25.6 Å². The van der Waals surface area contributed by atoms with Gasteiger partial charge in [-0.2, -0.15) is 0 Å². The number of hydrogen-bond acceptors (Lipinski definition) is 9. The third-order valence-corrected chi connectivity index (χ3v) is 9.79. The van der Waals surface area contributed by atoms with Crippen molar-refractivity contribution in [2.45, 2.75) is 74.6 Å². The monoisotopic (exact) mass is 471 g/mol. The summed E-state index contributed by atoms with van der Waals surface area (Å²) in [5.41, 5.74) is 6.67. The molecule has 0 bridgehead atoms. The molecular formula is C20H37N7O4S. The van der Waals surface area contributed by atoms with E-state index >= 15 is 0 Å². The first-order chi connectivity index (χ1) is 15.3. The Hall–Kier alpha value is -1.02. The minimum absolute atomic E-state index is 0.0150. The number of cyclic esters (lactones) is 1. The second kappa shape index (κ2) is 8.97. The van der Waals surface area contributed by atoms with Crippen molar-refractivity contribution >= 4 is 16.1 Å². The van der Waals surface area contributed by atoms with Crippen LogP contribution in [0.5, 0.6) is 0 Å². The summed E-state index contributed by atoms with van der Waals surface area (Å²) < 4.78 is 34.8. The molecule has 5 fully saturated rings. The lowest BCUT2D eigenvalue weighted by Crippen LogP contribution is -2.58. The molecule has 4 aliphatic heterocycles. The third-order valence-electron chi connectivity index (χ3n) is 7.97. The van der Waals surface area contributed by atoms with E-state index in [1.807, 2.05) is 23.9 Å². The van der Waals surface area contributed by atoms with Crippen LogP contribution in [0.15, 0.2) is 0 Å². The minimum atomic E-state index is -3.46. The van der Waals surface area contributed by atoms with Crippen molar-refractivity contribution in [2.24, 2.45) is 5.92 Å². The maximum absolute atomic E-state index is 13.3. The topological polar surface area (TPSA) is 118 Å². The second-order valence-corrected chi connectivity index (χ2v) is 12.0. The summed E-state index contributed by atoms with van der Waals surface area (Å²) in [6.07, 6.45) is 4.46. The van der Waals surface area contributed by atoms with Crippen molar-refractivity contribution in [2.75, 3.05) is 39.8 Å². The first kappa shape index (κ1) is 22.8. The van der Waals surface area contributed by atoms with Gasteiger partial charge >= 0.3 is 6.09 Å². The van der Waals surface area contributed by atoms with Crippen LogP contribution in [0.4, 0.5) is 4.79 Å². The van der Waals surface area contributed by atoms with Crippen LogP contribution in [-0.2, 0) is 14.8 Å². The standard InChI is InChI=1S/C20H37N7O4S/c1-13-12-31-20(28)27(13)15-6-7-21-18(8-15)26-11-16(10-23-26)32(29,30)24-17-5-3-4-14-9-22-25(2)19(14)17/h13-19,21-24H,3-12H2,1-2H3/t13-,14?,15?,16?,17?,18?,19?/m0/s1. The Balaban J connectivity index is 1.20. The number of rotatable bonds is 5. The number of sulfonamides is 1. The summed E-state index contributed by atoms with van der Waals surface area (Å²) in [6.45, 7) is 4.98. The maximum atomic E-state index is 13.3. The van der Waals surface area contributed by atoms with Crippen LogP contribution in [0.25, 0.3) is 0 Å². The van der Waals surface area contributed by atoms with Crippen LogP contribution in [0.2, 0.25) is 0 Å². The fourth-order valence-electron chi connectivity index (χ4n) is 6.30. The normalized spacial score (nSPS) is 41.8. The number of carbonyl (C=O) groups is 1. The summed E-state index contributed by atoms with van der Waals surface area (Å²) in [5, 5.41) is 7.09. The van der Waals surface area contributed by atoms with E-state index in [-0.39, 0.29) is 36.4 Å². The minimum Gasteiger partial charge on any atom is -0.447 e. The molecule has 182 valence electrons. The Morgan fingerprint density at radius 3 is 2.78 bits per heavy atom. The molecule has 11 nitrogen and oxygen atoms in total. The van der Waals surface area contributed by atoms with Crippen molar-refractivity contribution in [3.63, 3.8) is 0 Å². The van der Waals surface area contributed by atoms with E-state index in [0.717, 1.165) is 45.2 Å². The number of likely N-dealkylation sites (N-methyl/N-ethyl adjacent to an activating group) is 1. The number of nitrogens with zero attached hydrogens (tertiary/aromatic N) is 3. The zero-order valence-corrected chi connectivity index (χ0v) is 19.8. The number of amides is 1. The van der Waals surface area contributed by atoms with Crippen LogP contribution in [0.1, 0.15) is 39.0 Å². The number of hydrogen-bond donors (Lipinski definition) is 4. The van der Waals surface area contributed by atoms with Crippen molar-refractivity contribution in [3.8, 4) is 0 Å². The molecule has 0 spiro atoms. The molecule has 4 saturated heterocycles. The molecule has 5 rings (SSSR count). The highest BCUT2D eigenvalue weighted by molar-refractivity contribution is 7.90. The van der Waals surface area contributed by atoms with Gasteiger partial charge in [0.25, 0.3) is 0 Å². The molecule has 1 aliphatic carbocycles. The second-order valence-electron chi connectivity index (χ2n) is 10.0. The van der Waals surface area contributed by atoms with Gasteiger partial charge in [0, 0.05) is 44.8 Å². The fraction of sp³-hybridized carbons (Fsp3) is 0.950. The van der Waals surface area contributed by atoms with Gasteiger partial charge in [-0.3, -0.25) is 15.8 Å². The van der Waals surface area contributed by atoms with Crippen LogP contribution in [-0.4, -0.2) is 105 Å². The van der Waals surface area contributed by atoms with Crippen LogP contribution in [0, 0.1) is 5.92 Å². The first-order valence-corrected chi connectivity index (χ1v) is 13.5. The highest BCUT2D eigenvalue weighted by atomic mass is 32.2. The average Bonchev–Trinajstić information content (AvgIpc) is 3.48. The number of ether oxygens (including phenoxy) is 1. The highest BCUT2D eigenvalue weighted by Crippen LogP contribution is 2.32. The molecule has 0 aromatic carbocycles. The SMILES string of the molecule is C[C@H]1COC(=O)N1C1CCNC(N2CC(S(=O)(=O)NC3CCCC4CNN(C)C43)CN2)C1. The zero-order valence-electron chi connectivity index (χ0n) is 19.0. The summed E-state index contributed by atoms with van der Waals surface area (Å²) in [5.74, 6) is 0.502. The summed E-state index contributed by atoms with van der Waals surface area (Å²) in [7, 11) is -1.45. The Kier molecular flexibility index (Phi) is 6.38. The molecule has 32 heavy (non-hydrogen) atoms. The lowest BCUT2D eigenvalue weighted by molar-refractivity contribution is 0.0688. The Morgan fingerprint density at radius 2 is 2.00 bits per heavy atom. The van der Waals surface area contributed by atoms with Crippen molar-refractivity contribution < 1.29 is 17.9 Å². The number of nitrogens with one attached hydrogen (secondary N) is 4. The molecule has 5 aliphatic rings. The summed E-state index contributed by atoms with van der Waals surface area (Å²) in [6, 6.07) is 0.351. The van der Waals surface area contributed by atoms with Crippen LogP contribution >= 0.6 is 0 Å². The largest absolute Gasteiger partial charge is 0.447 e. The van der Waals surface area contributed by atoms with Gasteiger partial charge in [0.05, 0.1) is 12.2 Å². The molecule has 0 aromatic heterocycles. The van der Waals surface area contributed by atoms with Crippen LogP contribution < -0.4 is 20.9 Å². The van der Waals surface area contributed by atoms with Crippen molar-refractivity contribution in [1.29, 1.82) is 0 Å². The molecule has 4 N–H and O–H groups in total. The van der Waals surface area contributed by atoms with Gasteiger partial charge in [-0.25, -0.2) is 28.0 Å². The molecule has 6 unspecified atom stereocenters. The number of piperidine rings is 1. The van der Waals surface area contributed by atoms with Crippen LogP contribution in [0.3, 0.4) is 0 Å². The molecule has 12 heteroatoms. The van der Waals surface area contributed by atoms with Gasteiger partial charge in [-0.15, -0.1) is 0 Å². The average molecular weight is 472 g/mol. The predicted octanol–water partition coefficient (Wildman–Crippen LogP) is -0.999.